The van der Waals surface area contributed by atoms with E-state index >= 15 is 0 Å². The zero-order chi connectivity index (χ0) is 19.7. The molecule has 0 aliphatic heterocycles. The SMILES string of the molecule is CCOc1ccc(S(=O)(=O)Nc2ccc(C(=O)NCCCNC)cc2)cc1.Cl. The van der Waals surface area contributed by atoms with Crippen LogP contribution in [0.25, 0.3) is 0 Å². The summed E-state index contributed by atoms with van der Waals surface area (Å²) in [6, 6.07) is 12.5. The Morgan fingerprint density at radius 1 is 1.00 bits per heavy atom. The lowest BCUT2D eigenvalue weighted by Crippen LogP contribution is -2.26. The van der Waals surface area contributed by atoms with Crippen molar-refractivity contribution < 1.29 is 17.9 Å². The van der Waals surface area contributed by atoms with Gasteiger partial charge in [0.05, 0.1) is 11.5 Å². The zero-order valence-electron chi connectivity index (χ0n) is 15.9. The molecule has 0 spiro atoms. The van der Waals surface area contributed by atoms with Gasteiger partial charge in [0.15, 0.2) is 0 Å². The highest BCUT2D eigenvalue weighted by Crippen LogP contribution is 2.19. The van der Waals surface area contributed by atoms with Crippen LogP contribution in [0.3, 0.4) is 0 Å². The molecule has 0 aliphatic rings. The molecule has 0 fully saturated rings. The molecule has 0 saturated heterocycles. The van der Waals surface area contributed by atoms with E-state index in [2.05, 4.69) is 15.4 Å². The van der Waals surface area contributed by atoms with Crippen molar-refractivity contribution in [3.8, 4) is 5.75 Å². The predicted octanol–water partition coefficient (Wildman–Crippen LogP) is 2.65. The molecule has 0 heterocycles. The molecule has 2 aromatic rings. The van der Waals surface area contributed by atoms with Crippen LogP contribution >= 0.6 is 12.4 Å². The molecule has 9 heteroatoms. The number of ether oxygens (including phenoxy) is 1. The van der Waals surface area contributed by atoms with Gasteiger partial charge >= 0.3 is 0 Å². The van der Waals surface area contributed by atoms with Crippen molar-refractivity contribution in [2.24, 2.45) is 0 Å². The van der Waals surface area contributed by atoms with Crippen molar-refractivity contribution >= 4 is 34.0 Å². The molecule has 154 valence electrons. The van der Waals surface area contributed by atoms with Crippen LogP contribution in [-0.2, 0) is 10.0 Å². The number of benzene rings is 2. The van der Waals surface area contributed by atoms with Crippen LogP contribution in [0, 0.1) is 0 Å². The van der Waals surface area contributed by atoms with Crippen LogP contribution in [0.2, 0.25) is 0 Å². The number of sulfonamides is 1. The first-order valence-corrected chi connectivity index (χ1v) is 10.2. The molecule has 2 rings (SSSR count). The van der Waals surface area contributed by atoms with E-state index in [0.717, 1.165) is 13.0 Å². The summed E-state index contributed by atoms with van der Waals surface area (Å²) in [5.74, 6) is 0.425. The van der Waals surface area contributed by atoms with Crippen molar-refractivity contribution in [1.29, 1.82) is 0 Å². The van der Waals surface area contributed by atoms with Crippen LogP contribution in [0.5, 0.6) is 5.75 Å². The monoisotopic (exact) mass is 427 g/mol. The smallest absolute Gasteiger partial charge is 0.261 e. The van der Waals surface area contributed by atoms with Gasteiger partial charge in [-0.1, -0.05) is 0 Å². The molecule has 7 nitrogen and oxygen atoms in total. The molecular weight excluding hydrogens is 402 g/mol. The Balaban J connectivity index is 0.00000392. The Morgan fingerprint density at radius 2 is 1.64 bits per heavy atom. The lowest BCUT2D eigenvalue weighted by molar-refractivity contribution is 0.0953. The van der Waals surface area contributed by atoms with Gasteiger partial charge in [-0.2, -0.15) is 0 Å². The summed E-state index contributed by atoms with van der Waals surface area (Å²) in [4.78, 5) is 12.2. The molecule has 0 aliphatic carbocycles. The van der Waals surface area contributed by atoms with Crippen LogP contribution in [0.15, 0.2) is 53.4 Å². The first-order chi connectivity index (χ1) is 13.0. The van der Waals surface area contributed by atoms with Crippen LogP contribution in [-0.4, -0.2) is 41.1 Å². The lowest BCUT2D eigenvalue weighted by atomic mass is 10.2. The third-order valence-electron chi connectivity index (χ3n) is 3.73. The molecule has 0 unspecified atom stereocenters. The number of halogens is 1. The molecular formula is C19H26ClN3O4S. The summed E-state index contributed by atoms with van der Waals surface area (Å²) in [5, 5.41) is 5.82. The van der Waals surface area contributed by atoms with Gasteiger partial charge in [0.25, 0.3) is 15.9 Å². The molecule has 0 bridgehead atoms. The topological polar surface area (TPSA) is 96.5 Å². The second-order valence-electron chi connectivity index (χ2n) is 5.80. The van der Waals surface area contributed by atoms with Crippen molar-refractivity contribution in [2.75, 3.05) is 31.5 Å². The third kappa shape index (κ3) is 7.03. The number of carbonyl (C=O) groups excluding carboxylic acids is 1. The fourth-order valence-corrected chi connectivity index (χ4v) is 3.41. The molecule has 0 atom stereocenters. The number of nitrogens with one attached hydrogen (secondary N) is 3. The maximum atomic E-state index is 12.5. The Bertz CT molecular complexity index is 840. The quantitative estimate of drug-likeness (QED) is 0.506. The maximum absolute atomic E-state index is 12.5. The second-order valence-corrected chi connectivity index (χ2v) is 7.48. The zero-order valence-corrected chi connectivity index (χ0v) is 17.5. The summed E-state index contributed by atoms with van der Waals surface area (Å²) in [5.41, 5.74) is 0.860. The van der Waals surface area contributed by atoms with E-state index in [-0.39, 0.29) is 23.2 Å². The van der Waals surface area contributed by atoms with Gasteiger partial charge in [-0.05, 0) is 75.5 Å². The van der Waals surface area contributed by atoms with Crippen molar-refractivity contribution in [3.05, 3.63) is 54.1 Å². The maximum Gasteiger partial charge on any atom is 0.261 e. The summed E-state index contributed by atoms with van der Waals surface area (Å²) in [6.45, 7) is 3.77. The minimum Gasteiger partial charge on any atom is -0.494 e. The summed E-state index contributed by atoms with van der Waals surface area (Å²) >= 11 is 0. The molecule has 1 amide bonds. The number of anilines is 1. The summed E-state index contributed by atoms with van der Waals surface area (Å²) in [6.07, 6.45) is 0.836. The van der Waals surface area contributed by atoms with Crippen molar-refractivity contribution in [1.82, 2.24) is 10.6 Å². The number of rotatable bonds is 10. The van der Waals surface area contributed by atoms with Crippen molar-refractivity contribution in [2.45, 2.75) is 18.2 Å². The van der Waals surface area contributed by atoms with E-state index in [4.69, 9.17) is 4.74 Å². The van der Waals surface area contributed by atoms with E-state index in [1.807, 2.05) is 14.0 Å². The normalized spacial score (nSPS) is 10.6. The predicted molar refractivity (Wildman–Crippen MR) is 113 cm³/mol. The molecule has 0 radical (unpaired) electrons. The molecule has 0 saturated carbocycles. The molecule has 3 N–H and O–H groups in total. The Labute approximate surface area is 172 Å². The minimum absolute atomic E-state index is 0. The van der Waals surface area contributed by atoms with Gasteiger partial charge in [0.2, 0.25) is 0 Å². The summed E-state index contributed by atoms with van der Waals surface area (Å²) < 4.78 is 32.7. The van der Waals surface area contributed by atoms with Gasteiger partial charge in [0.1, 0.15) is 5.75 Å². The van der Waals surface area contributed by atoms with Crippen molar-refractivity contribution in [3.63, 3.8) is 0 Å². The fraction of sp³-hybridized carbons (Fsp3) is 0.316. The van der Waals surface area contributed by atoms with Gasteiger partial charge in [-0.15, -0.1) is 12.4 Å². The fourth-order valence-electron chi connectivity index (χ4n) is 2.35. The average Bonchev–Trinajstić information content (AvgIpc) is 2.66. The second kappa shape index (κ2) is 11.5. The highest BCUT2D eigenvalue weighted by atomic mass is 35.5. The van der Waals surface area contributed by atoms with E-state index < -0.39 is 10.0 Å². The molecule has 2 aromatic carbocycles. The van der Waals surface area contributed by atoms with E-state index in [1.54, 1.807) is 36.4 Å². The third-order valence-corrected chi connectivity index (χ3v) is 5.13. The Hall–Kier alpha value is -2.29. The standard InChI is InChI=1S/C19H25N3O4S.ClH/c1-3-26-17-9-11-18(12-10-17)27(24,25)22-16-7-5-15(6-8-16)19(23)21-14-4-13-20-2;/h5-12,20,22H,3-4,13-14H2,1-2H3,(H,21,23);1H. The average molecular weight is 428 g/mol. The first kappa shape index (κ1) is 23.7. The summed E-state index contributed by atoms with van der Waals surface area (Å²) in [7, 11) is -1.86. The highest BCUT2D eigenvalue weighted by molar-refractivity contribution is 7.92. The van der Waals surface area contributed by atoms with Gasteiger partial charge in [0, 0.05) is 17.8 Å². The Kier molecular flexibility index (Phi) is 9.78. The van der Waals surface area contributed by atoms with Crippen LogP contribution < -0.4 is 20.1 Å². The van der Waals surface area contributed by atoms with Gasteiger partial charge in [-0.3, -0.25) is 9.52 Å². The molecule has 0 aromatic heterocycles. The number of hydrogen-bond acceptors (Lipinski definition) is 5. The van der Waals surface area contributed by atoms with Crippen LogP contribution in [0.4, 0.5) is 5.69 Å². The lowest BCUT2D eigenvalue weighted by Gasteiger charge is -2.10. The number of carbonyl (C=O) groups is 1. The Morgan fingerprint density at radius 3 is 2.21 bits per heavy atom. The number of hydrogen-bond donors (Lipinski definition) is 3. The highest BCUT2D eigenvalue weighted by Gasteiger charge is 2.14. The van der Waals surface area contributed by atoms with E-state index in [1.165, 1.54) is 12.1 Å². The van der Waals surface area contributed by atoms with Gasteiger partial charge < -0.3 is 15.4 Å². The van der Waals surface area contributed by atoms with E-state index in [0.29, 0.717) is 30.2 Å². The molecule has 28 heavy (non-hydrogen) atoms. The number of amides is 1. The minimum atomic E-state index is -3.71. The first-order valence-electron chi connectivity index (χ1n) is 8.75. The van der Waals surface area contributed by atoms with Gasteiger partial charge in [-0.25, -0.2) is 8.42 Å². The van der Waals surface area contributed by atoms with Crippen LogP contribution in [0.1, 0.15) is 23.7 Å². The largest absolute Gasteiger partial charge is 0.494 e. The van der Waals surface area contributed by atoms with E-state index in [9.17, 15) is 13.2 Å².